The molecular formula is C18H19ClN4. The lowest BCUT2D eigenvalue weighted by molar-refractivity contribution is 0.831. The quantitative estimate of drug-likeness (QED) is 0.533. The molecule has 4 nitrogen and oxygen atoms in total. The molecule has 0 unspecified atom stereocenters. The van der Waals surface area contributed by atoms with E-state index < -0.39 is 0 Å². The third-order valence-electron chi connectivity index (χ3n) is 3.73. The average molecular weight is 327 g/mol. The molecule has 0 amide bonds. The number of halogens is 1. The lowest BCUT2D eigenvalue weighted by atomic mass is 10.1. The van der Waals surface area contributed by atoms with Crippen LogP contribution in [0, 0.1) is 13.8 Å². The molecule has 0 N–H and O–H groups in total. The zero-order valence-electron chi connectivity index (χ0n) is 13.7. The second kappa shape index (κ2) is 6.13. The van der Waals surface area contributed by atoms with Crippen molar-refractivity contribution >= 4 is 28.8 Å². The van der Waals surface area contributed by atoms with Gasteiger partial charge in [-0.1, -0.05) is 31.5 Å². The summed E-state index contributed by atoms with van der Waals surface area (Å²) in [7, 11) is 0. The van der Waals surface area contributed by atoms with Crippen molar-refractivity contribution in [3.8, 4) is 0 Å². The predicted molar refractivity (Wildman–Crippen MR) is 94.4 cm³/mol. The maximum atomic E-state index is 5.99. The molecule has 0 aliphatic rings. The summed E-state index contributed by atoms with van der Waals surface area (Å²) in [4.78, 5) is 4.69. The zero-order valence-corrected chi connectivity index (χ0v) is 14.5. The van der Waals surface area contributed by atoms with E-state index in [0.29, 0.717) is 5.02 Å². The van der Waals surface area contributed by atoms with Gasteiger partial charge in [0.15, 0.2) is 5.82 Å². The maximum absolute atomic E-state index is 5.99. The Balaban J connectivity index is 2.12. The summed E-state index contributed by atoms with van der Waals surface area (Å²) in [6.07, 6.45) is 2.04. The minimum atomic E-state index is 0.274. The predicted octanol–water partition coefficient (Wildman–Crippen LogP) is 6.14. The van der Waals surface area contributed by atoms with Gasteiger partial charge in [0.05, 0.1) is 11.4 Å². The summed E-state index contributed by atoms with van der Waals surface area (Å²) < 4.78 is 2.00. The van der Waals surface area contributed by atoms with Crippen LogP contribution in [0.15, 0.2) is 46.8 Å². The van der Waals surface area contributed by atoms with Crippen molar-refractivity contribution in [2.75, 3.05) is 0 Å². The second-order valence-electron chi connectivity index (χ2n) is 6.04. The van der Waals surface area contributed by atoms with Gasteiger partial charge in [-0.15, -0.1) is 10.2 Å². The van der Waals surface area contributed by atoms with E-state index in [1.807, 2.05) is 41.8 Å². The normalized spacial score (nSPS) is 11.9. The molecule has 2 aromatic heterocycles. The van der Waals surface area contributed by atoms with Crippen LogP contribution in [0.25, 0.3) is 5.65 Å². The standard InChI is InChI=1S/C18H19ClN4/c1-11(2)17-18(23-10-12(3)5-8-16(23)20-17)22-21-15-7-6-14(19)9-13(15)4/h5-11H,1-4H3. The van der Waals surface area contributed by atoms with Crippen LogP contribution in [-0.4, -0.2) is 9.38 Å². The van der Waals surface area contributed by atoms with E-state index in [1.165, 1.54) is 0 Å². The topological polar surface area (TPSA) is 42.0 Å². The number of hydrogen-bond acceptors (Lipinski definition) is 3. The molecule has 2 heterocycles. The first-order valence-corrected chi connectivity index (χ1v) is 8.00. The molecule has 0 saturated heterocycles. The number of pyridine rings is 1. The van der Waals surface area contributed by atoms with E-state index in [4.69, 9.17) is 16.6 Å². The van der Waals surface area contributed by atoms with E-state index >= 15 is 0 Å². The first-order valence-electron chi connectivity index (χ1n) is 7.62. The SMILES string of the molecule is Cc1ccc2nc(C(C)C)c(N=Nc3ccc(Cl)cc3C)n2c1. The molecule has 3 aromatic rings. The third kappa shape index (κ3) is 3.13. The molecule has 0 saturated carbocycles. The van der Waals surface area contributed by atoms with E-state index in [9.17, 15) is 0 Å². The number of benzene rings is 1. The molecule has 118 valence electrons. The molecule has 0 atom stereocenters. The van der Waals surface area contributed by atoms with Crippen molar-refractivity contribution in [3.05, 3.63) is 58.4 Å². The summed E-state index contributed by atoms with van der Waals surface area (Å²) in [6.45, 7) is 8.25. The van der Waals surface area contributed by atoms with Crippen molar-refractivity contribution in [2.24, 2.45) is 10.2 Å². The summed E-state index contributed by atoms with van der Waals surface area (Å²) in [5.41, 5.74) is 4.81. The highest BCUT2D eigenvalue weighted by Gasteiger charge is 2.15. The largest absolute Gasteiger partial charge is 0.283 e. The number of nitrogens with zero attached hydrogens (tertiary/aromatic N) is 4. The van der Waals surface area contributed by atoms with E-state index in [1.54, 1.807) is 0 Å². The molecule has 0 bridgehead atoms. The molecule has 1 aromatic carbocycles. The molecule has 0 radical (unpaired) electrons. The van der Waals surface area contributed by atoms with Crippen LogP contribution in [0.1, 0.15) is 36.6 Å². The van der Waals surface area contributed by atoms with Gasteiger partial charge in [0, 0.05) is 11.2 Å². The van der Waals surface area contributed by atoms with Crippen LogP contribution in [0.4, 0.5) is 11.5 Å². The molecule has 23 heavy (non-hydrogen) atoms. The highest BCUT2D eigenvalue weighted by atomic mass is 35.5. The number of rotatable bonds is 3. The first kappa shape index (κ1) is 15.7. The monoisotopic (exact) mass is 326 g/mol. The van der Waals surface area contributed by atoms with Crippen molar-refractivity contribution in [1.82, 2.24) is 9.38 Å². The Bertz CT molecular complexity index is 893. The Hall–Kier alpha value is -2.20. The van der Waals surface area contributed by atoms with Gasteiger partial charge in [0.25, 0.3) is 0 Å². The summed E-state index contributed by atoms with van der Waals surface area (Å²) in [6, 6.07) is 9.65. The lowest BCUT2D eigenvalue weighted by Crippen LogP contribution is -1.88. The van der Waals surface area contributed by atoms with Crippen LogP contribution in [0.3, 0.4) is 0 Å². The van der Waals surface area contributed by atoms with Crippen molar-refractivity contribution in [3.63, 3.8) is 0 Å². The zero-order chi connectivity index (χ0) is 16.6. The van der Waals surface area contributed by atoms with E-state index in [-0.39, 0.29) is 5.92 Å². The smallest absolute Gasteiger partial charge is 0.183 e. The Labute approximate surface area is 140 Å². The Morgan fingerprint density at radius 2 is 1.87 bits per heavy atom. The summed E-state index contributed by atoms with van der Waals surface area (Å²) in [5, 5.41) is 9.62. The second-order valence-corrected chi connectivity index (χ2v) is 6.48. The average Bonchev–Trinajstić information content (AvgIpc) is 2.84. The Morgan fingerprint density at radius 1 is 1.09 bits per heavy atom. The highest BCUT2D eigenvalue weighted by molar-refractivity contribution is 6.30. The molecule has 0 aliphatic carbocycles. The Kier molecular flexibility index (Phi) is 4.18. The Morgan fingerprint density at radius 3 is 2.57 bits per heavy atom. The van der Waals surface area contributed by atoms with E-state index in [2.05, 4.69) is 37.1 Å². The van der Waals surface area contributed by atoms with E-state index in [0.717, 1.165) is 34.0 Å². The van der Waals surface area contributed by atoms with Gasteiger partial charge in [-0.2, -0.15) is 0 Å². The number of aromatic nitrogens is 2. The van der Waals surface area contributed by atoms with Crippen molar-refractivity contribution < 1.29 is 0 Å². The molecule has 3 rings (SSSR count). The fourth-order valence-corrected chi connectivity index (χ4v) is 2.70. The maximum Gasteiger partial charge on any atom is 0.183 e. The van der Waals surface area contributed by atoms with Gasteiger partial charge in [0.2, 0.25) is 0 Å². The van der Waals surface area contributed by atoms with Crippen LogP contribution >= 0.6 is 11.6 Å². The van der Waals surface area contributed by atoms with Gasteiger partial charge in [0.1, 0.15) is 5.65 Å². The van der Waals surface area contributed by atoms with Crippen LogP contribution in [-0.2, 0) is 0 Å². The van der Waals surface area contributed by atoms with Crippen molar-refractivity contribution in [2.45, 2.75) is 33.6 Å². The number of azo groups is 1. The van der Waals surface area contributed by atoms with Gasteiger partial charge >= 0.3 is 0 Å². The minimum Gasteiger partial charge on any atom is -0.283 e. The number of hydrogen-bond donors (Lipinski definition) is 0. The lowest BCUT2D eigenvalue weighted by Gasteiger charge is -2.03. The highest BCUT2D eigenvalue weighted by Crippen LogP contribution is 2.31. The van der Waals surface area contributed by atoms with Gasteiger partial charge in [-0.3, -0.25) is 4.40 Å². The fourth-order valence-electron chi connectivity index (χ4n) is 2.48. The van der Waals surface area contributed by atoms with Crippen LogP contribution in [0.2, 0.25) is 5.02 Å². The first-order chi connectivity index (χ1) is 11.0. The molecule has 0 aliphatic heterocycles. The number of aryl methyl sites for hydroxylation is 2. The summed E-state index contributed by atoms with van der Waals surface area (Å²) >= 11 is 5.99. The molecule has 5 heteroatoms. The molecular weight excluding hydrogens is 308 g/mol. The van der Waals surface area contributed by atoms with Gasteiger partial charge in [-0.05, 0) is 55.2 Å². The summed E-state index contributed by atoms with van der Waals surface area (Å²) in [5.74, 6) is 1.06. The third-order valence-corrected chi connectivity index (χ3v) is 3.96. The van der Waals surface area contributed by atoms with Gasteiger partial charge in [-0.25, -0.2) is 4.98 Å². The molecule has 0 spiro atoms. The van der Waals surface area contributed by atoms with Crippen LogP contribution in [0.5, 0.6) is 0 Å². The van der Waals surface area contributed by atoms with Crippen LogP contribution < -0.4 is 0 Å². The van der Waals surface area contributed by atoms with Gasteiger partial charge < -0.3 is 0 Å². The number of imidazole rings is 1. The number of fused-ring (bicyclic) bond motifs is 1. The molecule has 0 fully saturated rings. The van der Waals surface area contributed by atoms with Crippen molar-refractivity contribution in [1.29, 1.82) is 0 Å². The fraction of sp³-hybridized carbons (Fsp3) is 0.278. The minimum absolute atomic E-state index is 0.274.